The number of fused-ring (bicyclic) bond motifs is 1. The number of halogens is 10. The number of hydrogen-bond acceptors (Lipinski definition) is 10. The molecule has 0 spiro atoms. The largest absolute Gasteiger partial charge is 0.435 e. The molecular formula is C47H34Cl4F6N10O4. The molecule has 366 valence electrons. The quantitative estimate of drug-likeness (QED) is 0.133. The molecule has 71 heavy (non-hydrogen) atoms. The van der Waals surface area contributed by atoms with Gasteiger partial charge in [0.05, 0.1) is 37.7 Å². The van der Waals surface area contributed by atoms with Gasteiger partial charge in [-0.05, 0) is 86.0 Å². The number of likely N-dealkylation sites (tertiary alicyclic amines) is 1. The molecule has 0 radical (unpaired) electrons. The maximum atomic E-state index is 13.6. The fourth-order valence-electron chi connectivity index (χ4n) is 7.74. The van der Waals surface area contributed by atoms with Crippen LogP contribution in [0.25, 0.3) is 34.1 Å². The Morgan fingerprint density at radius 2 is 1.31 bits per heavy atom. The van der Waals surface area contributed by atoms with Crippen LogP contribution in [0, 0.1) is 13.8 Å². The summed E-state index contributed by atoms with van der Waals surface area (Å²) in [4.78, 5) is 53.8. The number of hydrogen-bond donors (Lipinski definition) is 2. The van der Waals surface area contributed by atoms with Crippen molar-refractivity contribution in [1.29, 1.82) is 0 Å². The molecular weight excluding hydrogens is 1020 g/mol. The Balaban J connectivity index is 0.000000204. The van der Waals surface area contributed by atoms with E-state index in [-0.39, 0.29) is 60.4 Å². The summed E-state index contributed by atoms with van der Waals surface area (Å²) < 4.78 is 87.4. The van der Waals surface area contributed by atoms with E-state index in [9.17, 15) is 40.7 Å². The molecule has 6 heterocycles. The van der Waals surface area contributed by atoms with Crippen molar-refractivity contribution in [3.8, 4) is 23.2 Å². The van der Waals surface area contributed by atoms with Crippen LogP contribution in [0.1, 0.15) is 55.8 Å². The molecule has 1 aliphatic heterocycles. The number of rotatable bonds is 9. The average Bonchev–Trinajstić information content (AvgIpc) is 3.95. The Bertz CT molecular complexity index is 3410. The van der Waals surface area contributed by atoms with Crippen molar-refractivity contribution in [1.82, 2.24) is 44.7 Å². The molecule has 0 atom stereocenters. The molecule has 0 unspecified atom stereocenters. The molecule has 14 nitrogen and oxygen atoms in total. The number of amides is 2. The van der Waals surface area contributed by atoms with Crippen molar-refractivity contribution >= 4 is 74.8 Å². The third-order valence-corrected chi connectivity index (χ3v) is 11.8. The van der Waals surface area contributed by atoms with Crippen LogP contribution in [0.5, 0.6) is 0 Å². The lowest BCUT2D eigenvalue weighted by atomic mass is 9.91. The first kappa shape index (κ1) is 50.5. The number of carbonyl (C=O) groups excluding carboxylic acids is 2. The van der Waals surface area contributed by atoms with Gasteiger partial charge in [0.2, 0.25) is 5.89 Å². The lowest BCUT2D eigenvalue weighted by Gasteiger charge is -2.48. The number of benzene rings is 3. The van der Waals surface area contributed by atoms with Crippen molar-refractivity contribution in [2.75, 3.05) is 18.4 Å². The van der Waals surface area contributed by atoms with Gasteiger partial charge in [-0.15, -0.1) is 0 Å². The minimum absolute atomic E-state index is 0.0128. The molecule has 1 fully saturated rings. The second-order valence-electron chi connectivity index (χ2n) is 16.4. The van der Waals surface area contributed by atoms with E-state index in [2.05, 4.69) is 40.7 Å². The Labute approximate surface area is 418 Å². The lowest BCUT2D eigenvalue weighted by Crippen LogP contribution is -2.68. The van der Waals surface area contributed by atoms with Crippen LogP contribution < -0.4 is 16.3 Å². The Kier molecular flexibility index (Phi) is 14.1. The van der Waals surface area contributed by atoms with E-state index in [4.69, 9.17) is 50.8 Å². The predicted octanol–water partition coefficient (Wildman–Crippen LogP) is 11.2. The van der Waals surface area contributed by atoms with Crippen LogP contribution in [-0.4, -0.2) is 69.9 Å². The van der Waals surface area contributed by atoms with Crippen LogP contribution in [0.2, 0.25) is 20.1 Å². The minimum atomic E-state index is -4.84. The SMILES string of the molecule is Cc1cc(Cl)cc(C(=O)NC2(C)CN(Cc3ccccc3)C2)c1NC(=O)c1cc(C(F)(F)F)nn1-c1ncccc1Cl.Cc1cc(Cl)cc2c(=O)oc(-c3cc(C(F)(F)F)nn3-c3ncccc3Cl)nc12. The molecule has 1 saturated heterocycles. The Morgan fingerprint density at radius 3 is 1.93 bits per heavy atom. The first-order valence-corrected chi connectivity index (χ1v) is 22.4. The predicted molar refractivity (Wildman–Crippen MR) is 253 cm³/mol. The van der Waals surface area contributed by atoms with Crippen LogP contribution in [0.3, 0.4) is 0 Å². The number of anilines is 1. The molecule has 1 aliphatic rings. The summed E-state index contributed by atoms with van der Waals surface area (Å²) in [6.07, 6.45) is -6.93. The lowest BCUT2D eigenvalue weighted by molar-refractivity contribution is -0.142. The van der Waals surface area contributed by atoms with Crippen molar-refractivity contribution in [2.24, 2.45) is 0 Å². The van der Waals surface area contributed by atoms with Crippen LogP contribution in [0.4, 0.5) is 32.0 Å². The maximum absolute atomic E-state index is 13.6. The number of nitrogens with zero attached hydrogens (tertiary/aromatic N) is 8. The first-order valence-electron chi connectivity index (χ1n) is 20.9. The molecule has 2 amide bonds. The van der Waals surface area contributed by atoms with Crippen LogP contribution >= 0.6 is 46.4 Å². The smallest absolute Gasteiger partial charge is 0.401 e. The fourth-order valence-corrected chi connectivity index (χ4v) is 8.69. The van der Waals surface area contributed by atoms with E-state index in [1.165, 1.54) is 54.9 Å². The standard InChI is InChI=1S/C29H25Cl2F3N6O2.C18H9Cl2F3N4O2/c1-17-11-19(30)12-20(26(41)37-28(2)15-39(16-28)14-18-7-4-3-5-8-18)24(17)36-27(42)22-13-23(29(32,33)34)38-40(22)25-21(31)9-6-10-35-25;1-8-5-9(19)6-10-14(8)25-16(29-17(10)28)12-7-13(18(21,22)23)26-27(12)15-11(20)3-2-4-24-15/h3-13H,14-16H2,1-2H3,(H,36,42)(H,37,41);2-7H,1H3. The van der Waals surface area contributed by atoms with Crippen molar-refractivity contribution in [3.63, 3.8) is 0 Å². The van der Waals surface area contributed by atoms with Gasteiger partial charge >= 0.3 is 18.0 Å². The maximum Gasteiger partial charge on any atom is 0.435 e. The highest BCUT2D eigenvalue weighted by molar-refractivity contribution is 6.33. The van der Waals surface area contributed by atoms with Gasteiger partial charge in [0.15, 0.2) is 23.0 Å². The molecule has 24 heteroatoms. The summed E-state index contributed by atoms with van der Waals surface area (Å²) >= 11 is 24.5. The molecule has 3 aromatic carbocycles. The summed E-state index contributed by atoms with van der Waals surface area (Å²) in [5, 5.41) is 13.4. The van der Waals surface area contributed by atoms with Gasteiger partial charge in [-0.1, -0.05) is 76.7 Å². The van der Waals surface area contributed by atoms with E-state index < -0.39 is 52.4 Å². The third-order valence-electron chi connectivity index (χ3n) is 10.8. The summed E-state index contributed by atoms with van der Waals surface area (Å²) in [6.45, 7) is 7.13. The normalized spacial score (nSPS) is 13.6. The van der Waals surface area contributed by atoms with E-state index >= 15 is 0 Å². The third kappa shape index (κ3) is 11.1. The van der Waals surface area contributed by atoms with Crippen molar-refractivity contribution in [2.45, 2.75) is 45.2 Å². The first-order chi connectivity index (χ1) is 33.5. The topological polar surface area (TPSA) is 166 Å². The zero-order chi connectivity index (χ0) is 51.2. The number of nitrogens with one attached hydrogen (secondary N) is 2. The summed E-state index contributed by atoms with van der Waals surface area (Å²) in [6, 6.07) is 23.0. The van der Waals surface area contributed by atoms with Crippen molar-refractivity contribution in [3.05, 3.63) is 173 Å². The molecule has 0 aliphatic carbocycles. The molecule has 9 rings (SSSR count). The summed E-state index contributed by atoms with van der Waals surface area (Å²) in [7, 11) is 0. The highest BCUT2D eigenvalue weighted by atomic mass is 35.5. The van der Waals surface area contributed by atoms with Gasteiger partial charge in [-0.25, -0.2) is 29.1 Å². The monoisotopic (exact) mass is 1060 g/mol. The number of pyridine rings is 2. The fraction of sp³-hybridized carbons (Fsp3) is 0.191. The average molecular weight is 1060 g/mol. The van der Waals surface area contributed by atoms with Gasteiger partial charge in [-0.3, -0.25) is 14.5 Å². The van der Waals surface area contributed by atoms with E-state index in [0.29, 0.717) is 41.4 Å². The second kappa shape index (κ2) is 19.7. The number of aryl methyl sites for hydroxylation is 2. The van der Waals surface area contributed by atoms with Crippen molar-refractivity contribution < 1.29 is 40.3 Å². The second-order valence-corrected chi connectivity index (χ2v) is 18.1. The van der Waals surface area contributed by atoms with Gasteiger partial charge in [0.1, 0.15) is 11.4 Å². The van der Waals surface area contributed by atoms with Gasteiger partial charge < -0.3 is 15.1 Å². The highest BCUT2D eigenvalue weighted by Gasteiger charge is 2.41. The molecule has 0 bridgehead atoms. The zero-order valence-electron chi connectivity index (χ0n) is 36.9. The van der Waals surface area contributed by atoms with Gasteiger partial charge in [0.25, 0.3) is 11.8 Å². The van der Waals surface area contributed by atoms with Crippen LogP contribution in [0.15, 0.2) is 113 Å². The Morgan fingerprint density at radius 1 is 0.732 bits per heavy atom. The van der Waals surface area contributed by atoms with Gasteiger partial charge in [-0.2, -0.15) is 36.5 Å². The number of alkyl halides is 6. The zero-order valence-corrected chi connectivity index (χ0v) is 40.0. The number of aromatic nitrogens is 7. The molecule has 5 aromatic heterocycles. The van der Waals surface area contributed by atoms with Crippen LogP contribution in [-0.2, 0) is 18.9 Å². The molecule has 2 N–H and O–H groups in total. The summed E-state index contributed by atoms with van der Waals surface area (Å²) in [5.41, 5.74) is -2.03. The van der Waals surface area contributed by atoms with E-state index in [0.717, 1.165) is 21.5 Å². The van der Waals surface area contributed by atoms with Gasteiger partial charge in [0, 0.05) is 54.2 Å². The molecule has 8 aromatic rings. The van der Waals surface area contributed by atoms with E-state index in [1.807, 2.05) is 37.3 Å². The molecule has 0 saturated carbocycles. The Hall–Kier alpha value is -6.84. The number of carbonyl (C=O) groups is 2. The van der Waals surface area contributed by atoms with E-state index in [1.54, 1.807) is 19.9 Å². The minimum Gasteiger partial charge on any atom is -0.401 e. The summed E-state index contributed by atoms with van der Waals surface area (Å²) in [5.74, 6) is -2.05. The highest BCUT2D eigenvalue weighted by Crippen LogP contribution is 2.36.